The van der Waals surface area contributed by atoms with E-state index in [1.165, 1.54) is 0 Å². The highest BCUT2D eigenvalue weighted by atomic mass is 32.2. The number of carboxylic acids is 1. The van der Waals surface area contributed by atoms with Gasteiger partial charge in [-0.05, 0) is 36.2 Å². The lowest BCUT2D eigenvalue weighted by atomic mass is 10.1. The highest BCUT2D eigenvalue weighted by molar-refractivity contribution is 7.89. The lowest BCUT2D eigenvalue weighted by molar-refractivity contribution is 0.0696. The molecule has 0 spiro atoms. The number of carbonyl (C=O) groups excluding carboxylic acids is 1. The molecule has 1 fully saturated rings. The van der Waals surface area contributed by atoms with E-state index in [9.17, 15) is 18.0 Å². The van der Waals surface area contributed by atoms with Gasteiger partial charge in [-0.25, -0.2) is 18.2 Å². The largest absolute Gasteiger partial charge is 0.476 e. The van der Waals surface area contributed by atoms with Crippen LogP contribution in [0.25, 0.3) is 11.3 Å². The Bertz CT molecular complexity index is 1330. The Morgan fingerprint density at radius 2 is 1.81 bits per heavy atom. The van der Waals surface area contributed by atoms with Crippen molar-refractivity contribution in [3.05, 3.63) is 70.0 Å². The van der Waals surface area contributed by atoms with Crippen molar-refractivity contribution in [3.8, 4) is 11.3 Å². The molecule has 2 aromatic carbocycles. The van der Waals surface area contributed by atoms with Crippen molar-refractivity contribution in [2.45, 2.75) is 19.9 Å². The quantitative estimate of drug-likeness (QED) is 0.435. The summed E-state index contributed by atoms with van der Waals surface area (Å²) in [5, 5.41) is 13.6. The summed E-state index contributed by atoms with van der Waals surface area (Å²) in [4.78, 5) is 30.2. The average molecular weight is 529 g/mol. The minimum Gasteiger partial charge on any atom is -0.476 e. The van der Waals surface area contributed by atoms with Crippen molar-refractivity contribution in [2.75, 3.05) is 37.2 Å². The smallest absolute Gasteiger partial charge is 0.365 e. The number of nitrogens with zero attached hydrogens (tertiary/aromatic N) is 3. The summed E-state index contributed by atoms with van der Waals surface area (Å²) in [6.45, 7) is 4.97. The van der Waals surface area contributed by atoms with Gasteiger partial charge >= 0.3 is 5.97 Å². The van der Waals surface area contributed by atoms with Gasteiger partial charge in [0.05, 0.1) is 11.4 Å². The Balaban J connectivity index is 1.33. The van der Waals surface area contributed by atoms with E-state index in [0.717, 1.165) is 16.9 Å². The van der Waals surface area contributed by atoms with Gasteiger partial charge < -0.3 is 10.4 Å². The molecule has 11 heteroatoms. The van der Waals surface area contributed by atoms with E-state index in [2.05, 4.69) is 15.2 Å². The van der Waals surface area contributed by atoms with Crippen LogP contribution >= 0.6 is 11.3 Å². The third kappa shape index (κ3) is 6.35. The second-order valence-electron chi connectivity index (χ2n) is 8.57. The number of piperazine rings is 1. The molecule has 2 N–H and O–H groups in total. The summed E-state index contributed by atoms with van der Waals surface area (Å²) in [5.74, 6) is -1.16. The van der Waals surface area contributed by atoms with E-state index >= 15 is 0 Å². The maximum atomic E-state index is 12.8. The predicted molar refractivity (Wildman–Crippen MR) is 140 cm³/mol. The number of rotatable bonds is 9. The molecule has 4 rings (SSSR count). The molecule has 190 valence electrons. The fraction of sp³-hybridized carbons (Fsp3) is 0.320. The van der Waals surface area contributed by atoms with Crippen LogP contribution in [0.1, 0.15) is 39.1 Å². The third-order valence-electron chi connectivity index (χ3n) is 5.91. The molecule has 0 bridgehead atoms. The van der Waals surface area contributed by atoms with E-state index in [-0.39, 0.29) is 16.7 Å². The number of aromatic nitrogens is 1. The first kappa shape index (κ1) is 26.0. The van der Waals surface area contributed by atoms with Gasteiger partial charge in [0.15, 0.2) is 0 Å². The van der Waals surface area contributed by atoms with Gasteiger partial charge in [-0.2, -0.15) is 4.31 Å². The third-order valence-corrected chi connectivity index (χ3v) is 8.82. The molecule has 1 saturated heterocycles. The number of aromatic carboxylic acids is 1. The van der Waals surface area contributed by atoms with Crippen LogP contribution in [0, 0.1) is 0 Å². The van der Waals surface area contributed by atoms with Gasteiger partial charge in [0.1, 0.15) is 0 Å². The highest BCUT2D eigenvalue weighted by Gasteiger charge is 2.26. The zero-order chi connectivity index (χ0) is 25.7. The normalized spacial score (nSPS) is 15.0. The predicted octanol–water partition coefficient (Wildman–Crippen LogP) is 3.62. The topological polar surface area (TPSA) is 120 Å². The van der Waals surface area contributed by atoms with Crippen LogP contribution in [-0.2, 0) is 16.6 Å². The number of nitrogens with one attached hydrogen (secondary N) is 1. The molecule has 36 heavy (non-hydrogen) atoms. The number of thiazole rings is 1. The van der Waals surface area contributed by atoms with Crippen LogP contribution in [0.4, 0.5) is 5.69 Å². The van der Waals surface area contributed by atoms with Gasteiger partial charge in [-0.15, -0.1) is 11.3 Å². The van der Waals surface area contributed by atoms with Gasteiger partial charge in [0, 0.05) is 54.9 Å². The molecule has 0 aliphatic carbocycles. The molecule has 1 aliphatic rings. The fourth-order valence-corrected chi connectivity index (χ4v) is 6.19. The molecule has 0 atom stereocenters. The maximum Gasteiger partial charge on any atom is 0.365 e. The van der Waals surface area contributed by atoms with E-state index in [1.807, 2.05) is 31.2 Å². The van der Waals surface area contributed by atoms with Crippen LogP contribution in [0.3, 0.4) is 0 Å². The number of carbonyl (C=O) groups is 2. The van der Waals surface area contributed by atoms with E-state index in [1.54, 1.807) is 34.0 Å². The Hall–Kier alpha value is -3.12. The average Bonchev–Trinajstić information content (AvgIpc) is 3.37. The number of hydrogen-bond donors (Lipinski definition) is 2. The SMILES string of the molecule is CCCS(=O)(=O)N1CCN(Cc2ccc(NC(=O)c3cccc(-c4csc(C(=O)O)n4)c3)cc2)CC1. The molecular weight excluding hydrogens is 500 g/mol. The number of sulfonamides is 1. The first-order valence-corrected chi connectivity index (χ1v) is 14.1. The fourth-order valence-electron chi connectivity index (χ4n) is 4.03. The van der Waals surface area contributed by atoms with Crippen molar-refractivity contribution < 1.29 is 23.1 Å². The van der Waals surface area contributed by atoms with Gasteiger partial charge in [-0.1, -0.05) is 31.2 Å². The first-order chi connectivity index (χ1) is 17.2. The van der Waals surface area contributed by atoms with Crippen molar-refractivity contribution >= 4 is 38.9 Å². The molecule has 1 aromatic heterocycles. The van der Waals surface area contributed by atoms with Crippen molar-refractivity contribution in [3.63, 3.8) is 0 Å². The van der Waals surface area contributed by atoms with Crippen LogP contribution in [-0.4, -0.2) is 71.5 Å². The van der Waals surface area contributed by atoms with Crippen LogP contribution in [0.5, 0.6) is 0 Å². The maximum absolute atomic E-state index is 12.8. The molecular formula is C25H28N4O5S2. The van der Waals surface area contributed by atoms with Gasteiger partial charge in [0.25, 0.3) is 5.91 Å². The van der Waals surface area contributed by atoms with Crippen LogP contribution in [0.15, 0.2) is 53.9 Å². The number of carboxylic acid groups (broad SMARTS) is 1. The minimum absolute atomic E-state index is 0.00310. The van der Waals surface area contributed by atoms with E-state index in [0.29, 0.717) is 61.7 Å². The summed E-state index contributed by atoms with van der Waals surface area (Å²) in [5.41, 5.74) is 3.37. The van der Waals surface area contributed by atoms with E-state index < -0.39 is 16.0 Å². The van der Waals surface area contributed by atoms with Crippen molar-refractivity contribution in [2.24, 2.45) is 0 Å². The highest BCUT2D eigenvalue weighted by Crippen LogP contribution is 2.23. The molecule has 1 aliphatic heterocycles. The second-order valence-corrected chi connectivity index (χ2v) is 11.5. The van der Waals surface area contributed by atoms with Crippen LogP contribution < -0.4 is 5.32 Å². The molecule has 0 unspecified atom stereocenters. The molecule has 0 radical (unpaired) electrons. The Labute approximate surface area is 214 Å². The summed E-state index contributed by atoms with van der Waals surface area (Å²) in [6.07, 6.45) is 0.621. The number of hydrogen-bond acceptors (Lipinski definition) is 7. The van der Waals surface area contributed by atoms with E-state index in [4.69, 9.17) is 5.11 Å². The minimum atomic E-state index is -3.15. The summed E-state index contributed by atoms with van der Waals surface area (Å²) >= 11 is 1.04. The summed E-state index contributed by atoms with van der Waals surface area (Å²) < 4.78 is 26.1. The lowest BCUT2D eigenvalue weighted by Crippen LogP contribution is -2.48. The van der Waals surface area contributed by atoms with Gasteiger partial charge in [-0.3, -0.25) is 9.69 Å². The molecule has 1 amide bonds. The Morgan fingerprint density at radius 1 is 1.08 bits per heavy atom. The van der Waals surface area contributed by atoms with Crippen molar-refractivity contribution in [1.82, 2.24) is 14.2 Å². The van der Waals surface area contributed by atoms with Crippen LogP contribution in [0.2, 0.25) is 0 Å². The Kier molecular flexibility index (Phi) is 8.14. The first-order valence-electron chi connectivity index (χ1n) is 11.6. The standard InChI is InChI=1S/C25H28N4O5S2/c1-2-14-36(33,34)29-12-10-28(11-13-29)16-18-6-8-21(9-7-18)26-23(30)20-5-3-4-19(15-20)22-17-35-24(27-22)25(31)32/h3-9,15,17H,2,10-14,16H2,1H3,(H,26,30)(H,31,32). The number of amides is 1. The van der Waals surface area contributed by atoms with Crippen molar-refractivity contribution in [1.29, 1.82) is 0 Å². The summed E-state index contributed by atoms with van der Waals surface area (Å²) in [6, 6.07) is 14.5. The molecule has 0 saturated carbocycles. The second kappa shape index (κ2) is 11.3. The zero-order valence-electron chi connectivity index (χ0n) is 19.9. The summed E-state index contributed by atoms with van der Waals surface area (Å²) in [7, 11) is -3.15. The number of anilines is 1. The lowest BCUT2D eigenvalue weighted by Gasteiger charge is -2.34. The monoisotopic (exact) mass is 528 g/mol. The molecule has 2 heterocycles. The number of benzene rings is 2. The van der Waals surface area contributed by atoms with Gasteiger partial charge in [0.2, 0.25) is 15.0 Å². The zero-order valence-corrected chi connectivity index (χ0v) is 21.5. The molecule has 9 nitrogen and oxygen atoms in total. The molecule has 3 aromatic rings. The Morgan fingerprint density at radius 3 is 2.44 bits per heavy atom.